The van der Waals surface area contributed by atoms with E-state index in [1.165, 1.54) is 16.9 Å². The molecule has 0 unspecified atom stereocenters. The number of halogens is 1. The second-order valence-electron chi connectivity index (χ2n) is 6.16. The van der Waals surface area contributed by atoms with Crippen LogP contribution in [-0.2, 0) is 6.54 Å². The van der Waals surface area contributed by atoms with Gasteiger partial charge in [0.15, 0.2) is 4.80 Å². The van der Waals surface area contributed by atoms with Gasteiger partial charge in [0.1, 0.15) is 4.88 Å². The van der Waals surface area contributed by atoms with Gasteiger partial charge in [-0.2, -0.15) is 16.8 Å². The molecule has 0 radical (unpaired) electrons. The van der Waals surface area contributed by atoms with Crippen molar-refractivity contribution in [3.8, 4) is 0 Å². The lowest BCUT2D eigenvalue weighted by atomic mass is 10.2. The summed E-state index contributed by atoms with van der Waals surface area (Å²) in [6, 6.07) is 14.1. The van der Waals surface area contributed by atoms with E-state index < -0.39 is 0 Å². The van der Waals surface area contributed by atoms with E-state index in [2.05, 4.69) is 40.9 Å². The van der Waals surface area contributed by atoms with Crippen molar-refractivity contribution in [3.63, 3.8) is 0 Å². The SMILES string of the molecule is CSCCn1c(=NC(=O)c2sc3ccccc3c2Cl)sc2cc(C)ccc21. The van der Waals surface area contributed by atoms with Crippen molar-refractivity contribution in [1.29, 1.82) is 0 Å². The highest BCUT2D eigenvalue weighted by Gasteiger charge is 2.17. The van der Waals surface area contributed by atoms with E-state index in [1.807, 2.05) is 24.3 Å². The van der Waals surface area contributed by atoms with Gasteiger partial charge in [-0.05, 0) is 36.9 Å². The van der Waals surface area contributed by atoms with Crippen LogP contribution in [0.1, 0.15) is 15.2 Å². The lowest BCUT2D eigenvalue weighted by molar-refractivity contribution is 0.100. The summed E-state index contributed by atoms with van der Waals surface area (Å²) in [4.78, 5) is 18.6. The number of fused-ring (bicyclic) bond motifs is 2. The predicted octanol–water partition coefficient (Wildman–Crippen LogP) is 5.98. The molecule has 0 saturated heterocycles. The van der Waals surface area contributed by atoms with E-state index in [-0.39, 0.29) is 5.91 Å². The number of aromatic nitrogens is 1. The molecule has 0 saturated carbocycles. The third-order valence-corrected chi connectivity index (χ3v) is 7.58. The molecule has 0 aliphatic carbocycles. The molecule has 27 heavy (non-hydrogen) atoms. The Labute approximate surface area is 174 Å². The van der Waals surface area contributed by atoms with Crippen LogP contribution in [0.4, 0.5) is 0 Å². The van der Waals surface area contributed by atoms with E-state index in [0.717, 1.165) is 37.4 Å². The average molecular weight is 433 g/mol. The molecule has 138 valence electrons. The number of thiophene rings is 1. The van der Waals surface area contributed by atoms with Gasteiger partial charge in [-0.1, -0.05) is 47.2 Å². The largest absolute Gasteiger partial charge is 0.316 e. The minimum absolute atomic E-state index is 0.276. The highest BCUT2D eigenvalue weighted by molar-refractivity contribution is 7.98. The summed E-state index contributed by atoms with van der Waals surface area (Å²) in [6.07, 6.45) is 2.08. The first-order valence-corrected chi connectivity index (χ1v) is 11.8. The summed E-state index contributed by atoms with van der Waals surface area (Å²) in [5, 5.41) is 1.40. The molecule has 2 aromatic heterocycles. The van der Waals surface area contributed by atoms with Gasteiger partial charge in [0.05, 0.1) is 15.2 Å². The molecule has 4 aromatic rings. The van der Waals surface area contributed by atoms with Crippen LogP contribution in [0.15, 0.2) is 47.5 Å². The minimum atomic E-state index is -0.276. The topological polar surface area (TPSA) is 34.4 Å². The van der Waals surface area contributed by atoms with Gasteiger partial charge in [0.2, 0.25) is 0 Å². The monoisotopic (exact) mass is 432 g/mol. The van der Waals surface area contributed by atoms with Crippen molar-refractivity contribution >= 4 is 72.2 Å². The Balaban J connectivity index is 1.85. The van der Waals surface area contributed by atoms with Gasteiger partial charge in [0.25, 0.3) is 5.91 Å². The van der Waals surface area contributed by atoms with Crippen molar-refractivity contribution in [1.82, 2.24) is 4.57 Å². The molecule has 1 amide bonds. The van der Waals surface area contributed by atoms with Crippen LogP contribution >= 0.6 is 46.0 Å². The first-order chi connectivity index (χ1) is 13.1. The number of rotatable bonds is 4. The molecule has 4 rings (SSSR count). The molecule has 0 fully saturated rings. The molecule has 3 nitrogen and oxygen atoms in total. The molecule has 2 heterocycles. The standard InChI is InChI=1S/C20H17ClN2OS3/c1-12-7-8-14-16(11-12)27-20(23(14)9-10-25-2)22-19(24)18-17(21)13-5-3-4-6-15(13)26-18/h3-8,11H,9-10H2,1-2H3. The lowest BCUT2D eigenvalue weighted by Gasteiger charge is -2.03. The van der Waals surface area contributed by atoms with Crippen molar-refractivity contribution in [2.24, 2.45) is 4.99 Å². The van der Waals surface area contributed by atoms with Gasteiger partial charge in [-0.15, -0.1) is 11.3 Å². The van der Waals surface area contributed by atoms with E-state index in [9.17, 15) is 4.79 Å². The second-order valence-corrected chi connectivity index (χ2v) is 9.58. The summed E-state index contributed by atoms with van der Waals surface area (Å²) < 4.78 is 4.28. The Hall–Kier alpha value is -1.60. The van der Waals surface area contributed by atoms with Crippen LogP contribution in [-0.4, -0.2) is 22.5 Å². The van der Waals surface area contributed by atoms with Crippen molar-refractivity contribution in [2.75, 3.05) is 12.0 Å². The van der Waals surface area contributed by atoms with Crippen LogP contribution < -0.4 is 4.80 Å². The van der Waals surface area contributed by atoms with Gasteiger partial charge in [-0.25, -0.2) is 0 Å². The first kappa shape index (κ1) is 18.7. The Kier molecular flexibility index (Phi) is 5.41. The quantitative estimate of drug-likeness (QED) is 0.397. The molecule has 0 N–H and O–H groups in total. The minimum Gasteiger partial charge on any atom is -0.316 e. The average Bonchev–Trinajstić information content (AvgIpc) is 3.17. The van der Waals surface area contributed by atoms with E-state index in [0.29, 0.717) is 9.90 Å². The fraction of sp³-hybridized carbons (Fsp3) is 0.200. The van der Waals surface area contributed by atoms with Gasteiger partial charge in [0, 0.05) is 22.4 Å². The Morgan fingerprint density at radius 1 is 1.19 bits per heavy atom. The molecular formula is C20H17ClN2OS3. The fourth-order valence-electron chi connectivity index (χ4n) is 2.95. The summed E-state index contributed by atoms with van der Waals surface area (Å²) in [7, 11) is 0. The number of thiazole rings is 1. The second kappa shape index (κ2) is 7.80. The van der Waals surface area contributed by atoms with Crippen molar-refractivity contribution < 1.29 is 4.79 Å². The molecule has 0 aliphatic rings. The number of carbonyl (C=O) groups is 1. The Morgan fingerprint density at radius 3 is 2.78 bits per heavy atom. The Bertz CT molecular complexity index is 1220. The smallest absolute Gasteiger partial charge is 0.291 e. The molecular weight excluding hydrogens is 416 g/mol. The highest BCUT2D eigenvalue weighted by atomic mass is 35.5. The number of thioether (sulfide) groups is 1. The third-order valence-electron chi connectivity index (χ3n) is 4.28. The zero-order chi connectivity index (χ0) is 19.0. The zero-order valence-corrected chi connectivity index (χ0v) is 18.1. The summed E-state index contributed by atoms with van der Waals surface area (Å²) >= 11 is 11.2. The first-order valence-electron chi connectivity index (χ1n) is 8.43. The number of carbonyl (C=O) groups excluding carboxylic acids is 1. The summed E-state index contributed by atoms with van der Waals surface area (Å²) in [5.74, 6) is 0.687. The molecule has 0 aliphatic heterocycles. The summed E-state index contributed by atoms with van der Waals surface area (Å²) in [5.41, 5.74) is 2.32. The lowest BCUT2D eigenvalue weighted by Crippen LogP contribution is -2.18. The maximum absolute atomic E-state index is 12.9. The van der Waals surface area contributed by atoms with Crippen LogP contribution in [0.3, 0.4) is 0 Å². The normalized spacial score (nSPS) is 12.3. The maximum Gasteiger partial charge on any atom is 0.291 e. The van der Waals surface area contributed by atoms with Gasteiger partial charge in [-0.3, -0.25) is 4.79 Å². The van der Waals surface area contributed by atoms with Crippen LogP contribution in [0, 0.1) is 6.92 Å². The number of amides is 1. The van der Waals surface area contributed by atoms with Crippen LogP contribution in [0.25, 0.3) is 20.3 Å². The van der Waals surface area contributed by atoms with E-state index in [4.69, 9.17) is 11.6 Å². The van der Waals surface area contributed by atoms with Gasteiger partial charge >= 0.3 is 0 Å². The molecule has 0 bridgehead atoms. The van der Waals surface area contributed by atoms with Crippen molar-refractivity contribution in [3.05, 3.63) is 62.7 Å². The van der Waals surface area contributed by atoms with Crippen LogP contribution in [0.5, 0.6) is 0 Å². The number of aryl methyl sites for hydroxylation is 2. The molecule has 0 spiro atoms. The number of hydrogen-bond acceptors (Lipinski definition) is 4. The number of nitrogens with zero attached hydrogens (tertiary/aromatic N) is 2. The highest BCUT2D eigenvalue weighted by Crippen LogP contribution is 2.35. The van der Waals surface area contributed by atoms with Crippen molar-refractivity contribution in [2.45, 2.75) is 13.5 Å². The Morgan fingerprint density at radius 2 is 2.00 bits per heavy atom. The number of benzene rings is 2. The molecule has 7 heteroatoms. The van der Waals surface area contributed by atoms with Crippen LogP contribution in [0.2, 0.25) is 5.02 Å². The summed E-state index contributed by atoms with van der Waals surface area (Å²) in [6.45, 7) is 2.89. The zero-order valence-electron chi connectivity index (χ0n) is 14.9. The third kappa shape index (κ3) is 3.59. The molecule has 0 atom stereocenters. The van der Waals surface area contributed by atoms with E-state index in [1.54, 1.807) is 23.1 Å². The predicted molar refractivity (Wildman–Crippen MR) is 120 cm³/mol. The molecule has 2 aromatic carbocycles. The number of hydrogen-bond donors (Lipinski definition) is 0. The fourth-order valence-corrected chi connectivity index (χ4v) is 5.87. The van der Waals surface area contributed by atoms with E-state index >= 15 is 0 Å². The van der Waals surface area contributed by atoms with Gasteiger partial charge < -0.3 is 4.57 Å². The maximum atomic E-state index is 12.9.